The van der Waals surface area contributed by atoms with Crippen molar-refractivity contribution in [3.05, 3.63) is 18.2 Å². The molecule has 0 aliphatic carbocycles. The van der Waals surface area contributed by atoms with Crippen LogP contribution in [-0.2, 0) is 19.3 Å². The van der Waals surface area contributed by atoms with Crippen molar-refractivity contribution in [1.29, 1.82) is 0 Å². The molecule has 124 valence electrons. The van der Waals surface area contributed by atoms with Gasteiger partial charge in [-0.1, -0.05) is 6.07 Å². The van der Waals surface area contributed by atoms with Gasteiger partial charge in [0.05, 0.1) is 17.5 Å². The second-order valence-corrected chi connectivity index (χ2v) is 8.46. The molecule has 0 unspecified atom stereocenters. The van der Waals surface area contributed by atoms with Crippen LogP contribution in [0.15, 0.2) is 22.6 Å². The van der Waals surface area contributed by atoms with E-state index in [1.165, 1.54) is 0 Å². The Kier molecular flexibility index (Phi) is 3.51. The Morgan fingerprint density at radius 1 is 1.13 bits per heavy atom. The summed E-state index contributed by atoms with van der Waals surface area (Å²) in [6.07, 6.45) is 1.04. The number of rotatable bonds is 3. The number of benzene rings is 1. The standard InChI is InChI=1S/C14H19BN2O5S/c1-13(2)14(3,4)22-15(21-13)9-6-7-11-10(8-9)16-12(20-11)17-23(5,18)19/h6-8H,1-5H3,(H,16,17). The third kappa shape index (κ3) is 3.08. The predicted molar refractivity (Wildman–Crippen MR) is 88.2 cm³/mol. The van der Waals surface area contributed by atoms with Crippen LogP contribution in [-0.4, -0.2) is 38.0 Å². The van der Waals surface area contributed by atoms with Crippen molar-refractivity contribution in [2.24, 2.45) is 0 Å². The maximum atomic E-state index is 11.2. The zero-order valence-electron chi connectivity index (χ0n) is 13.7. The van der Waals surface area contributed by atoms with Crippen LogP contribution in [0.1, 0.15) is 27.7 Å². The lowest BCUT2D eigenvalue weighted by Crippen LogP contribution is -2.41. The fourth-order valence-corrected chi connectivity index (χ4v) is 2.68. The van der Waals surface area contributed by atoms with Gasteiger partial charge in [-0.05, 0) is 45.3 Å². The van der Waals surface area contributed by atoms with Gasteiger partial charge >= 0.3 is 13.1 Å². The van der Waals surface area contributed by atoms with Crippen LogP contribution in [0.25, 0.3) is 11.1 Å². The first-order valence-electron chi connectivity index (χ1n) is 7.21. The third-order valence-corrected chi connectivity index (χ3v) is 4.76. The number of anilines is 1. The van der Waals surface area contributed by atoms with E-state index in [-0.39, 0.29) is 6.01 Å². The Hall–Kier alpha value is -1.58. The molecule has 0 amide bonds. The van der Waals surface area contributed by atoms with Crippen molar-refractivity contribution in [1.82, 2.24) is 4.98 Å². The molecule has 1 aliphatic heterocycles. The highest BCUT2D eigenvalue weighted by molar-refractivity contribution is 7.91. The van der Waals surface area contributed by atoms with E-state index in [0.29, 0.717) is 11.1 Å². The van der Waals surface area contributed by atoms with Gasteiger partial charge in [0.2, 0.25) is 10.0 Å². The second kappa shape index (κ2) is 4.96. The minimum absolute atomic E-state index is 0.0615. The molecular weight excluding hydrogens is 319 g/mol. The third-order valence-electron chi connectivity index (χ3n) is 4.21. The number of oxazole rings is 1. The summed E-state index contributed by atoms with van der Waals surface area (Å²) in [6, 6.07) is 5.25. The molecular formula is C14H19BN2O5S. The average Bonchev–Trinajstić information content (AvgIpc) is 2.84. The van der Waals surface area contributed by atoms with E-state index < -0.39 is 28.3 Å². The summed E-state index contributed by atoms with van der Waals surface area (Å²) in [7, 11) is -3.94. The first-order valence-corrected chi connectivity index (χ1v) is 9.10. The number of nitrogens with zero attached hydrogens (tertiary/aromatic N) is 1. The first-order chi connectivity index (χ1) is 10.5. The Morgan fingerprint density at radius 2 is 1.74 bits per heavy atom. The number of sulfonamides is 1. The van der Waals surface area contributed by atoms with Crippen LogP contribution in [0, 0.1) is 0 Å². The summed E-state index contributed by atoms with van der Waals surface area (Å²) in [5.41, 5.74) is 0.953. The molecule has 1 aromatic carbocycles. The van der Waals surface area contributed by atoms with Gasteiger partial charge in [-0.15, -0.1) is 0 Å². The van der Waals surface area contributed by atoms with E-state index in [9.17, 15) is 8.42 Å². The zero-order chi connectivity index (χ0) is 17.0. The molecule has 7 nitrogen and oxygen atoms in total. The van der Waals surface area contributed by atoms with Gasteiger partial charge in [0.25, 0.3) is 0 Å². The number of aromatic nitrogens is 1. The molecule has 0 spiro atoms. The number of fused-ring (bicyclic) bond motifs is 1. The lowest BCUT2D eigenvalue weighted by Gasteiger charge is -2.32. The van der Waals surface area contributed by atoms with E-state index in [4.69, 9.17) is 13.7 Å². The molecule has 9 heteroatoms. The highest BCUT2D eigenvalue weighted by Gasteiger charge is 2.51. The normalized spacial score (nSPS) is 20.1. The highest BCUT2D eigenvalue weighted by atomic mass is 32.2. The maximum absolute atomic E-state index is 11.2. The molecule has 0 atom stereocenters. The van der Waals surface area contributed by atoms with Gasteiger partial charge in [-0.25, -0.2) is 13.1 Å². The smallest absolute Gasteiger partial charge is 0.423 e. The Bertz CT molecular complexity index is 843. The van der Waals surface area contributed by atoms with Crippen molar-refractivity contribution < 1.29 is 22.1 Å². The Morgan fingerprint density at radius 3 is 2.30 bits per heavy atom. The van der Waals surface area contributed by atoms with E-state index in [1.54, 1.807) is 12.1 Å². The summed E-state index contributed by atoms with van der Waals surface area (Å²) < 4.78 is 42.1. The lowest BCUT2D eigenvalue weighted by molar-refractivity contribution is 0.00578. The van der Waals surface area contributed by atoms with Gasteiger partial charge in [0, 0.05) is 0 Å². The molecule has 1 fully saturated rings. The lowest BCUT2D eigenvalue weighted by atomic mass is 9.79. The zero-order valence-corrected chi connectivity index (χ0v) is 14.5. The van der Waals surface area contributed by atoms with Crippen LogP contribution < -0.4 is 10.2 Å². The van der Waals surface area contributed by atoms with Crippen molar-refractivity contribution in [3.8, 4) is 0 Å². The van der Waals surface area contributed by atoms with Crippen molar-refractivity contribution in [2.75, 3.05) is 11.0 Å². The SMILES string of the molecule is CC1(C)OB(c2ccc3oc(NS(C)(=O)=O)nc3c2)OC1(C)C. The van der Waals surface area contributed by atoms with Crippen LogP contribution in [0.5, 0.6) is 0 Å². The van der Waals surface area contributed by atoms with Crippen molar-refractivity contribution >= 4 is 39.7 Å². The summed E-state index contributed by atoms with van der Waals surface area (Å²) in [5.74, 6) is 0. The molecule has 0 saturated carbocycles. The van der Waals surface area contributed by atoms with Crippen LogP contribution >= 0.6 is 0 Å². The number of hydrogen-bond acceptors (Lipinski definition) is 6. The van der Waals surface area contributed by atoms with Gasteiger partial charge in [0.15, 0.2) is 5.58 Å². The Balaban J connectivity index is 1.92. The summed E-state index contributed by atoms with van der Waals surface area (Å²) >= 11 is 0. The fourth-order valence-electron chi connectivity index (χ4n) is 2.27. The van der Waals surface area contributed by atoms with E-state index in [2.05, 4.69) is 9.71 Å². The van der Waals surface area contributed by atoms with Gasteiger partial charge in [0.1, 0.15) is 5.52 Å². The molecule has 0 radical (unpaired) electrons. The topological polar surface area (TPSA) is 90.7 Å². The highest BCUT2D eigenvalue weighted by Crippen LogP contribution is 2.36. The largest absolute Gasteiger partial charge is 0.494 e. The summed E-state index contributed by atoms with van der Waals surface area (Å²) in [5, 5.41) is 0. The molecule has 1 N–H and O–H groups in total. The Labute approximate surface area is 135 Å². The van der Waals surface area contributed by atoms with Crippen molar-refractivity contribution in [2.45, 2.75) is 38.9 Å². The average molecular weight is 338 g/mol. The molecule has 2 heterocycles. The van der Waals surface area contributed by atoms with Gasteiger partial charge in [-0.2, -0.15) is 4.98 Å². The molecule has 0 bridgehead atoms. The monoisotopic (exact) mass is 338 g/mol. The number of nitrogens with one attached hydrogen (secondary N) is 1. The maximum Gasteiger partial charge on any atom is 0.494 e. The van der Waals surface area contributed by atoms with Crippen LogP contribution in [0.3, 0.4) is 0 Å². The molecule has 3 rings (SSSR count). The first kappa shape index (κ1) is 16.3. The van der Waals surface area contributed by atoms with Crippen LogP contribution in [0.2, 0.25) is 0 Å². The van der Waals surface area contributed by atoms with Crippen molar-refractivity contribution in [3.63, 3.8) is 0 Å². The summed E-state index contributed by atoms with van der Waals surface area (Å²) in [6.45, 7) is 7.93. The molecule has 1 aromatic heterocycles. The van der Waals surface area contributed by atoms with E-state index >= 15 is 0 Å². The minimum Gasteiger partial charge on any atom is -0.423 e. The fraction of sp³-hybridized carbons (Fsp3) is 0.500. The summed E-state index contributed by atoms with van der Waals surface area (Å²) in [4.78, 5) is 4.13. The number of hydrogen-bond donors (Lipinski definition) is 1. The second-order valence-electron chi connectivity index (χ2n) is 6.71. The van der Waals surface area contributed by atoms with E-state index in [1.807, 2.05) is 33.8 Å². The molecule has 1 aliphatic rings. The predicted octanol–water partition coefficient (Wildman–Crippen LogP) is 1.50. The quantitative estimate of drug-likeness (QED) is 0.853. The molecule has 2 aromatic rings. The molecule has 1 saturated heterocycles. The minimum atomic E-state index is -3.44. The van der Waals surface area contributed by atoms with Crippen LogP contribution in [0.4, 0.5) is 6.01 Å². The molecule has 23 heavy (non-hydrogen) atoms. The van der Waals surface area contributed by atoms with E-state index in [0.717, 1.165) is 11.7 Å². The van der Waals surface area contributed by atoms with Gasteiger partial charge in [-0.3, -0.25) is 0 Å². The van der Waals surface area contributed by atoms with Gasteiger partial charge < -0.3 is 13.7 Å².